The number of benzene rings is 1. The summed E-state index contributed by atoms with van der Waals surface area (Å²) < 4.78 is 34.2. The van der Waals surface area contributed by atoms with Crippen molar-refractivity contribution in [2.24, 2.45) is 0 Å². The Balaban J connectivity index is 3.07. The van der Waals surface area contributed by atoms with E-state index in [0.29, 0.717) is 12.8 Å². The molecule has 0 heterocycles. The summed E-state index contributed by atoms with van der Waals surface area (Å²) in [5.74, 6) is -1.80. The number of carboxylic acid groups (broad SMARTS) is 1. The normalized spacial score (nSPS) is 11.2. The summed E-state index contributed by atoms with van der Waals surface area (Å²) in [6.45, 7) is 0.479. The highest BCUT2D eigenvalue weighted by atomic mass is 19.3. The van der Waals surface area contributed by atoms with Crippen LogP contribution in [0.3, 0.4) is 0 Å². The van der Waals surface area contributed by atoms with Gasteiger partial charge >= 0.3 is 12.6 Å². The largest absolute Gasteiger partial charge is 0.493 e. The maximum Gasteiger partial charge on any atom is 0.387 e. The molecule has 0 unspecified atom stereocenters. The van der Waals surface area contributed by atoms with E-state index in [-0.39, 0.29) is 23.5 Å². The molecule has 0 fully saturated rings. The molecule has 134 valence electrons. The lowest BCUT2D eigenvalue weighted by atomic mass is 9.88. The summed E-state index contributed by atoms with van der Waals surface area (Å²) >= 11 is 0. The lowest BCUT2D eigenvalue weighted by molar-refractivity contribution is -0.138. The second kappa shape index (κ2) is 8.47. The molecule has 1 rings (SSSR count). The van der Waals surface area contributed by atoms with Gasteiger partial charge in [-0.15, -0.1) is 0 Å². The van der Waals surface area contributed by atoms with Gasteiger partial charge in [-0.05, 0) is 31.0 Å². The van der Waals surface area contributed by atoms with E-state index in [1.807, 2.05) is 0 Å². The molecule has 0 saturated carbocycles. The molecule has 0 aromatic heterocycles. The number of hydrogen-bond acceptors (Lipinski definition) is 4. The lowest BCUT2D eigenvalue weighted by Crippen LogP contribution is -2.49. The predicted molar refractivity (Wildman–Crippen MR) is 82.7 cm³/mol. The summed E-state index contributed by atoms with van der Waals surface area (Å²) in [6.07, 6.45) is 0.596. The molecule has 1 aromatic rings. The zero-order chi connectivity index (χ0) is 18.3. The number of nitrogens with one attached hydrogen (secondary N) is 1. The average molecular weight is 345 g/mol. The molecule has 0 aliphatic rings. The Kier molecular flexibility index (Phi) is 6.94. The van der Waals surface area contributed by atoms with E-state index in [1.165, 1.54) is 19.2 Å². The van der Waals surface area contributed by atoms with Crippen LogP contribution >= 0.6 is 0 Å². The van der Waals surface area contributed by atoms with Gasteiger partial charge in [-0.2, -0.15) is 8.78 Å². The van der Waals surface area contributed by atoms with E-state index in [1.54, 1.807) is 13.8 Å². The predicted octanol–water partition coefficient (Wildman–Crippen LogP) is 3.06. The molecule has 0 bridgehead atoms. The molecule has 0 aliphatic heterocycles. The molecule has 1 aromatic carbocycles. The van der Waals surface area contributed by atoms with Crippen LogP contribution < -0.4 is 14.8 Å². The molecule has 0 atom stereocenters. The minimum absolute atomic E-state index is 0.0645. The van der Waals surface area contributed by atoms with Gasteiger partial charge in [0.2, 0.25) is 0 Å². The van der Waals surface area contributed by atoms with Crippen LogP contribution in [0.15, 0.2) is 18.2 Å². The molecule has 0 spiro atoms. The highest BCUT2D eigenvalue weighted by molar-refractivity contribution is 5.95. The number of hydrogen-bond donors (Lipinski definition) is 2. The van der Waals surface area contributed by atoms with Gasteiger partial charge < -0.3 is 19.9 Å². The summed E-state index contributed by atoms with van der Waals surface area (Å²) in [5.41, 5.74) is -0.838. The Morgan fingerprint density at radius 1 is 1.25 bits per heavy atom. The highest BCUT2D eigenvalue weighted by Crippen LogP contribution is 2.30. The number of methoxy groups -OCH3 is 1. The number of alkyl halides is 2. The van der Waals surface area contributed by atoms with Crippen LogP contribution in [0.4, 0.5) is 8.78 Å². The molecular formula is C16H21F2NO5. The van der Waals surface area contributed by atoms with Crippen LogP contribution in [0, 0.1) is 0 Å². The van der Waals surface area contributed by atoms with Gasteiger partial charge in [0, 0.05) is 5.56 Å². The van der Waals surface area contributed by atoms with Crippen molar-refractivity contribution >= 4 is 11.9 Å². The van der Waals surface area contributed by atoms with Crippen molar-refractivity contribution in [2.75, 3.05) is 7.11 Å². The SMILES string of the molecule is CCC(CC)(CC(=O)O)NC(=O)c1ccc(OC)c(OC(F)F)c1. The fourth-order valence-electron chi connectivity index (χ4n) is 2.33. The smallest absolute Gasteiger partial charge is 0.387 e. The summed E-state index contributed by atoms with van der Waals surface area (Å²) in [7, 11) is 1.29. The van der Waals surface area contributed by atoms with Gasteiger partial charge in [0.25, 0.3) is 5.91 Å². The topological polar surface area (TPSA) is 84.9 Å². The second-order valence-corrected chi connectivity index (χ2v) is 5.26. The van der Waals surface area contributed by atoms with Crippen molar-refractivity contribution in [1.29, 1.82) is 0 Å². The molecule has 0 aliphatic carbocycles. The number of carbonyl (C=O) groups excluding carboxylic acids is 1. The molecule has 24 heavy (non-hydrogen) atoms. The van der Waals surface area contributed by atoms with Crippen molar-refractivity contribution in [2.45, 2.75) is 45.3 Å². The van der Waals surface area contributed by atoms with Crippen LogP contribution in [0.5, 0.6) is 11.5 Å². The van der Waals surface area contributed by atoms with Crippen molar-refractivity contribution in [1.82, 2.24) is 5.32 Å². The van der Waals surface area contributed by atoms with Gasteiger partial charge in [0.1, 0.15) is 0 Å². The van der Waals surface area contributed by atoms with Crippen LogP contribution in [0.2, 0.25) is 0 Å². The highest BCUT2D eigenvalue weighted by Gasteiger charge is 2.31. The van der Waals surface area contributed by atoms with Gasteiger partial charge in [-0.3, -0.25) is 9.59 Å². The van der Waals surface area contributed by atoms with Crippen molar-refractivity contribution < 1.29 is 33.0 Å². The molecular weight excluding hydrogens is 324 g/mol. The van der Waals surface area contributed by atoms with Crippen molar-refractivity contribution in [3.8, 4) is 11.5 Å². The Morgan fingerprint density at radius 3 is 2.33 bits per heavy atom. The van der Waals surface area contributed by atoms with Gasteiger partial charge in [0.15, 0.2) is 11.5 Å². The third-order valence-electron chi connectivity index (χ3n) is 3.86. The zero-order valence-electron chi connectivity index (χ0n) is 13.8. The Morgan fingerprint density at radius 2 is 1.88 bits per heavy atom. The molecule has 1 amide bonds. The summed E-state index contributed by atoms with van der Waals surface area (Å²) in [4.78, 5) is 23.4. The monoisotopic (exact) mass is 345 g/mol. The average Bonchev–Trinajstić information content (AvgIpc) is 2.53. The van der Waals surface area contributed by atoms with E-state index in [9.17, 15) is 18.4 Å². The Hall–Kier alpha value is -2.38. The number of amides is 1. The quantitative estimate of drug-likeness (QED) is 0.718. The van der Waals surface area contributed by atoms with Crippen molar-refractivity contribution in [3.05, 3.63) is 23.8 Å². The maximum absolute atomic E-state index is 12.4. The minimum Gasteiger partial charge on any atom is -0.493 e. The van der Waals surface area contributed by atoms with Gasteiger partial charge in [-0.25, -0.2) is 0 Å². The van der Waals surface area contributed by atoms with Crippen LogP contribution in [0.25, 0.3) is 0 Å². The summed E-state index contributed by atoms with van der Waals surface area (Å²) in [5, 5.41) is 11.7. The first-order valence-electron chi connectivity index (χ1n) is 7.44. The van der Waals surface area contributed by atoms with E-state index in [4.69, 9.17) is 9.84 Å². The van der Waals surface area contributed by atoms with Crippen molar-refractivity contribution in [3.63, 3.8) is 0 Å². The number of ether oxygens (including phenoxy) is 2. The first-order chi connectivity index (χ1) is 11.3. The molecule has 6 nitrogen and oxygen atoms in total. The lowest BCUT2D eigenvalue weighted by Gasteiger charge is -2.31. The number of carbonyl (C=O) groups is 2. The standard InChI is InChI=1S/C16H21F2NO5/c1-4-16(5-2,9-13(20)21)19-14(22)10-6-7-11(23-3)12(8-10)24-15(17)18/h6-8,15H,4-5,9H2,1-3H3,(H,19,22)(H,20,21). The number of rotatable bonds is 9. The van der Waals surface area contributed by atoms with Gasteiger partial charge in [0.05, 0.1) is 19.1 Å². The number of halogens is 2. The van der Waals surface area contributed by atoms with Crippen LogP contribution in [0.1, 0.15) is 43.5 Å². The zero-order valence-corrected chi connectivity index (χ0v) is 13.8. The van der Waals surface area contributed by atoms with Gasteiger partial charge in [-0.1, -0.05) is 13.8 Å². The van der Waals surface area contributed by atoms with E-state index in [2.05, 4.69) is 10.1 Å². The fourth-order valence-corrected chi connectivity index (χ4v) is 2.33. The molecule has 2 N–H and O–H groups in total. The third-order valence-corrected chi connectivity index (χ3v) is 3.86. The van der Waals surface area contributed by atoms with E-state index >= 15 is 0 Å². The molecule has 0 saturated heterocycles. The maximum atomic E-state index is 12.4. The minimum atomic E-state index is -3.06. The number of carboxylic acids is 1. The van der Waals surface area contributed by atoms with Crippen LogP contribution in [-0.4, -0.2) is 36.2 Å². The van der Waals surface area contributed by atoms with E-state index in [0.717, 1.165) is 6.07 Å². The number of aliphatic carboxylic acids is 1. The second-order valence-electron chi connectivity index (χ2n) is 5.26. The fraction of sp³-hybridized carbons (Fsp3) is 0.500. The third kappa shape index (κ3) is 5.07. The van der Waals surface area contributed by atoms with Crippen LogP contribution in [-0.2, 0) is 4.79 Å². The Labute approximate surface area is 138 Å². The summed E-state index contributed by atoms with van der Waals surface area (Å²) in [6, 6.07) is 3.86. The first-order valence-corrected chi connectivity index (χ1v) is 7.44. The molecule has 0 radical (unpaired) electrons. The van der Waals surface area contributed by atoms with E-state index < -0.39 is 24.0 Å². The first kappa shape index (κ1) is 19.7. The molecule has 8 heteroatoms. The Bertz CT molecular complexity index is 588.